The first-order valence-corrected chi connectivity index (χ1v) is 12.4. The van der Waals surface area contributed by atoms with Crippen molar-refractivity contribution in [2.24, 2.45) is 17.3 Å². The van der Waals surface area contributed by atoms with E-state index < -0.39 is 23.7 Å². The van der Waals surface area contributed by atoms with E-state index in [0.717, 1.165) is 44.1 Å². The average Bonchev–Trinajstić information content (AvgIpc) is 3.40. The van der Waals surface area contributed by atoms with Crippen LogP contribution in [-0.4, -0.2) is 40.6 Å². The molecule has 178 valence electrons. The zero-order chi connectivity index (χ0) is 23.5. The third-order valence-corrected chi connectivity index (χ3v) is 8.45. The van der Waals surface area contributed by atoms with Crippen LogP contribution in [0.1, 0.15) is 87.1 Å². The van der Waals surface area contributed by atoms with Crippen molar-refractivity contribution in [1.82, 2.24) is 4.90 Å². The Hall–Kier alpha value is -2.37. The molecular formula is C27H34FNO4. The van der Waals surface area contributed by atoms with Gasteiger partial charge in [0, 0.05) is 17.5 Å². The number of carboxylic acids is 1. The van der Waals surface area contributed by atoms with Gasteiger partial charge in [0.25, 0.3) is 5.91 Å². The van der Waals surface area contributed by atoms with E-state index in [0.29, 0.717) is 31.1 Å². The van der Waals surface area contributed by atoms with Gasteiger partial charge in [-0.25, -0.2) is 9.18 Å². The first-order chi connectivity index (χ1) is 15.7. The summed E-state index contributed by atoms with van der Waals surface area (Å²) in [6.45, 7) is 9.17. The molecule has 3 atom stereocenters. The third-order valence-electron chi connectivity index (χ3n) is 8.45. The number of hydrogen-bond donors (Lipinski definition) is 1. The fourth-order valence-electron chi connectivity index (χ4n) is 6.59. The Morgan fingerprint density at radius 3 is 2.64 bits per heavy atom. The minimum atomic E-state index is -0.996. The minimum absolute atomic E-state index is 0.00574. The van der Waals surface area contributed by atoms with Gasteiger partial charge in [-0.1, -0.05) is 26.0 Å². The zero-order valence-electron chi connectivity index (χ0n) is 19.6. The van der Waals surface area contributed by atoms with Gasteiger partial charge < -0.3 is 14.7 Å². The molecule has 1 amide bonds. The van der Waals surface area contributed by atoms with Crippen molar-refractivity contribution in [3.63, 3.8) is 0 Å². The van der Waals surface area contributed by atoms with Crippen LogP contribution in [0.5, 0.6) is 5.75 Å². The van der Waals surface area contributed by atoms with Crippen LogP contribution in [0, 0.1) is 23.1 Å². The Bertz CT molecular complexity index is 996. The van der Waals surface area contributed by atoms with Crippen molar-refractivity contribution in [2.75, 3.05) is 6.61 Å². The van der Waals surface area contributed by atoms with Crippen molar-refractivity contribution < 1.29 is 23.8 Å². The molecule has 2 heterocycles. The molecule has 6 rings (SSSR count). The van der Waals surface area contributed by atoms with Gasteiger partial charge in [0.05, 0.1) is 12.2 Å². The Labute approximate surface area is 195 Å². The lowest BCUT2D eigenvalue weighted by Crippen LogP contribution is -2.41. The van der Waals surface area contributed by atoms with Crippen LogP contribution in [0.15, 0.2) is 24.3 Å². The number of carbonyl (C=O) groups is 2. The maximum absolute atomic E-state index is 15.3. The second-order valence-corrected chi connectivity index (χ2v) is 11.1. The summed E-state index contributed by atoms with van der Waals surface area (Å²) in [5, 5.41) is 9.61. The van der Waals surface area contributed by atoms with Gasteiger partial charge in [0.1, 0.15) is 17.6 Å². The Kier molecular flexibility index (Phi) is 5.53. The molecule has 2 saturated heterocycles. The number of aliphatic carboxylic acids is 1. The number of ether oxygens (including phenoxy) is 1. The number of amides is 1. The predicted molar refractivity (Wildman–Crippen MR) is 123 cm³/mol. The van der Waals surface area contributed by atoms with Gasteiger partial charge in [-0.2, -0.15) is 0 Å². The molecule has 2 bridgehead atoms. The molecule has 1 aromatic rings. The Balaban J connectivity index is 1.40. The van der Waals surface area contributed by atoms with Crippen LogP contribution in [0.4, 0.5) is 4.39 Å². The minimum Gasteiger partial charge on any atom is -0.493 e. The molecule has 5 nitrogen and oxygen atoms in total. The van der Waals surface area contributed by atoms with Crippen molar-refractivity contribution in [1.29, 1.82) is 0 Å². The van der Waals surface area contributed by atoms with E-state index in [1.165, 1.54) is 16.5 Å². The number of carboxylic acid groups (broad SMARTS) is 1. The summed E-state index contributed by atoms with van der Waals surface area (Å²) in [6, 6.07) is 2.07. The molecule has 2 unspecified atom stereocenters. The maximum atomic E-state index is 15.3. The molecule has 1 N–H and O–H groups in total. The van der Waals surface area contributed by atoms with Crippen LogP contribution < -0.4 is 4.74 Å². The van der Waals surface area contributed by atoms with Gasteiger partial charge in [-0.3, -0.25) is 4.79 Å². The Morgan fingerprint density at radius 2 is 2.03 bits per heavy atom. The highest BCUT2D eigenvalue weighted by Gasteiger charge is 2.56. The smallest absolute Gasteiger partial charge is 0.326 e. The van der Waals surface area contributed by atoms with Crippen LogP contribution >= 0.6 is 0 Å². The number of allylic oxidation sites excluding steroid dienone is 1. The summed E-state index contributed by atoms with van der Waals surface area (Å²) in [7, 11) is 0. The lowest BCUT2D eigenvalue weighted by molar-refractivity contribution is -0.141. The first kappa shape index (κ1) is 22.4. The highest BCUT2D eigenvalue weighted by atomic mass is 19.1. The van der Waals surface area contributed by atoms with Gasteiger partial charge in [0.2, 0.25) is 0 Å². The monoisotopic (exact) mass is 455 g/mol. The number of hydrogen-bond acceptors (Lipinski definition) is 3. The topological polar surface area (TPSA) is 66.8 Å². The lowest BCUT2D eigenvalue weighted by Gasteiger charge is -2.40. The van der Waals surface area contributed by atoms with Crippen LogP contribution in [0.2, 0.25) is 0 Å². The normalized spacial score (nSPS) is 33.1. The number of rotatable bonds is 7. The zero-order valence-corrected chi connectivity index (χ0v) is 19.6. The summed E-state index contributed by atoms with van der Waals surface area (Å²) in [6.07, 6.45) is 7.41. The van der Waals surface area contributed by atoms with Gasteiger partial charge >= 0.3 is 5.97 Å². The maximum Gasteiger partial charge on any atom is 0.326 e. The van der Waals surface area contributed by atoms with E-state index in [1.54, 1.807) is 6.07 Å². The van der Waals surface area contributed by atoms with Crippen molar-refractivity contribution in [3.8, 4) is 5.75 Å². The van der Waals surface area contributed by atoms with E-state index in [2.05, 4.69) is 20.4 Å². The van der Waals surface area contributed by atoms with Crippen LogP contribution in [0.25, 0.3) is 0 Å². The molecule has 0 spiro atoms. The number of halogens is 1. The first-order valence-electron chi connectivity index (χ1n) is 12.4. The Morgan fingerprint density at radius 1 is 1.30 bits per heavy atom. The van der Waals surface area contributed by atoms with Gasteiger partial charge in [-0.15, -0.1) is 0 Å². The highest BCUT2D eigenvalue weighted by molar-refractivity contribution is 5.98. The van der Waals surface area contributed by atoms with Crippen molar-refractivity contribution in [2.45, 2.75) is 83.2 Å². The molecule has 0 radical (unpaired) electrons. The molecule has 33 heavy (non-hydrogen) atoms. The average molecular weight is 456 g/mol. The second-order valence-electron chi connectivity index (χ2n) is 11.1. The summed E-state index contributed by atoms with van der Waals surface area (Å²) in [5.74, 6) is -0.771. The van der Waals surface area contributed by atoms with Crippen molar-refractivity contribution >= 4 is 11.9 Å². The van der Waals surface area contributed by atoms with E-state index in [9.17, 15) is 14.7 Å². The van der Waals surface area contributed by atoms with Gasteiger partial charge in [-0.05, 0) is 80.8 Å². The molecule has 5 aliphatic rings. The summed E-state index contributed by atoms with van der Waals surface area (Å²) < 4.78 is 21.6. The third kappa shape index (κ3) is 3.95. The van der Waals surface area contributed by atoms with Crippen molar-refractivity contribution in [3.05, 3.63) is 41.2 Å². The predicted octanol–water partition coefficient (Wildman–Crippen LogP) is 5.54. The fourth-order valence-corrected chi connectivity index (χ4v) is 6.59. The molecule has 3 aliphatic carbocycles. The summed E-state index contributed by atoms with van der Waals surface area (Å²) >= 11 is 0. The fraction of sp³-hybridized carbons (Fsp3) is 0.630. The number of benzene rings is 1. The second kappa shape index (κ2) is 8.14. The van der Waals surface area contributed by atoms with E-state index in [4.69, 9.17) is 4.74 Å². The number of fused-ring (bicyclic) bond motifs is 1. The highest BCUT2D eigenvalue weighted by Crippen LogP contribution is 2.49. The molecule has 6 heteroatoms. The standard InChI is InChI=1S/C27H34FNO4/c1-4-27(12-15(2)7-16(3)13-27)14-33-23-11-22(28)21(10-20(23)17-5-6-17)25(30)29-19-8-18(9-19)24(29)26(31)32/h10-11,16-19,24H,2,4-9,12-14H2,1,3H3,(H,31,32)/t16?,18?,19?,24-,27?/m0/s1. The van der Waals surface area contributed by atoms with Crippen LogP contribution in [-0.2, 0) is 4.79 Å². The summed E-state index contributed by atoms with van der Waals surface area (Å²) in [4.78, 5) is 26.4. The largest absolute Gasteiger partial charge is 0.493 e. The quantitative estimate of drug-likeness (QED) is 0.548. The van der Waals surface area contributed by atoms with Gasteiger partial charge in [0.15, 0.2) is 0 Å². The number of carbonyl (C=O) groups excluding carboxylic acids is 1. The molecular weight excluding hydrogens is 421 g/mol. The summed E-state index contributed by atoms with van der Waals surface area (Å²) in [5.41, 5.74) is 2.12. The molecule has 1 aromatic carbocycles. The molecule has 3 saturated carbocycles. The van der Waals surface area contributed by atoms with Crippen LogP contribution in [0.3, 0.4) is 0 Å². The van der Waals surface area contributed by atoms with E-state index in [-0.39, 0.29) is 28.9 Å². The lowest BCUT2D eigenvalue weighted by atomic mass is 9.67. The SMILES string of the molecule is C=C1CC(C)CC(CC)(COc2cc(F)c(C(=O)N3C4CC(C4)[C@H]3C(=O)O)cc2C2CC2)C1. The van der Waals surface area contributed by atoms with E-state index in [1.807, 2.05) is 0 Å². The van der Waals surface area contributed by atoms with E-state index >= 15 is 4.39 Å². The number of nitrogens with zero attached hydrogens (tertiary/aromatic N) is 1. The molecule has 5 fully saturated rings. The molecule has 0 aromatic heterocycles. The molecule has 2 aliphatic heterocycles.